The van der Waals surface area contributed by atoms with Crippen LogP contribution < -0.4 is 5.56 Å². The van der Waals surface area contributed by atoms with Crippen molar-refractivity contribution in [3.8, 4) is 11.3 Å². The van der Waals surface area contributed by atoms with Crippen molar-refractivity contribution in [2.75, 3.05) is 0 Å². The average molecular weight is 255 g/mol. The van der Waals surface area contributed by atoms with Crippen LogP contribution in [0.15, 0.2) is 29.1 Å². The second-order valence-electron chi connectivity index (χ2n) is 3.37. The van der Waals surface area contributed by atoms with E-state index >= 15 is 0 Å². The van der Waals surface area contributed by atoms with Crippen LogP contribution >= 0.6 is 23.2 Å². The van der Waals surface area contributed by atoms with Crippen LogP contribution in [0.25, 0.3) is 11.3 Å². The van der Waals surface area contributed by atoms with Crippen molar-refractivity contribution in [1.82, 2.24) is 10.2 Å². The summed E-state index contributed by atoms with van der Waals surface area (Å²) in [6.45, 7) is 1.84. The van der Waals surface area contributed by atoms with Crippen molar-refractivity contribution in [3.05, 3.63) is 50.2 Å². The molecule has 1 N–H and O–H groups in total. The number of H-pyrrole nitrogens is 1. The molecule has 0 atom stereocenters. The minimum atomic E-state index is -0.243. The van der Waals surface area contributed by atoms with Gasteiger partial charge in [-0.15, -0.1) is 0 Å². The number of halogens is 2. The second-order valence-corrected chi connectivity index (χ2v) is 4.19. The summed E-state index contributed by atoms with van der Waals surface area (Å²) in [7, 11) is 0. The molecule has 1 aromatic carbocycles. The quantitative estimate of drug-likeness (QED) is 0.851. The van der Waals surface area contributed by atoms with Crippen molar-refractivity contribution < 1.29 is 0 Å². The van der Waals surface area contributed by atoms with Gasteiger partial charge in [0.25, 0.3) is 5.56 Å². The van der Waals surface area contributed by atoms with E-state index in [0.717, 1.165) is 11.1 Å². The predicted molar refractivity (Wildman–Crippen MR) is 65.1 cm³/mol. The van der Waals surface area contributed by atoms with Gasteiger partial charge in [0.15, 0.2) is 0 Å². The van der Waals surface area contributed by atoms with Gasteiger partial charge in [-0.1, -0.05) is 23.2 Å². The number of benzene rings is 1. The van der Waals surface area contributed by atoms with Gasteiger partial charge in [0, 0.05) is 21.7 Å². The molecule has 3 nitrogen and oxygen atoms in total. The van der Waals surface area contributed by atoms with E-state index in [-0.39, 0.29) is 5.56 Å². The Labute approximate surface area is 102 Å². The Morgan fingerprint density at radius 2 is 1.81 bits per heavy atom. The smallest absolute Gasteiger partial charge is 0.264 e. The summed E-state index contributed by atoms with van der Waals surface area (Å²) in [6.07, 6.45) is 0. The molecule has 0 bridgehead atoms. The van der Waals surface area contributed by atoms with Crippen LogP contribution in [0.2, 0.25) is 10.0 Å². The van der Waals surface area contributed by atoms with E-state index in [4.69, 9.17) is 23.2 Å². The van der Waals surface area contributed by atoms with Crippen LogP contribution in [-0.2, 0) is 0 Å². The van der Waals surface area contributed by atoms with Gasteiger partial charge in [-0.3, -0.25) is 4.79 Å². The molecule has 5 heteroatoms. The second kappa shape index (κ2) is 4.28. The zero-order valence-electron chi connectivity index (χ0n) is 8.42. The van der Waals surface area contributed by atoms with E-state index < -0.39 is 0 Å². The summed E-state index contributed by atoms with van der Waals surface area (Å²) < 4.78 is 0. The molecule has 0 radical (unpaired) electrons. The lowest BCUT2D eigenvalue weighted by molar-refractivity contribution is 0.995. The Kier molecular flexibility index (Phi) is 2.99. The fourth-order valence-corrected chi connectivity index (χ4v) is 1.79. The largest absolute Gasteiger partial charge is 0.268 e. The highest BCUT2D eigenvalue weighted by Gasteiger charge is 2.06. The molecule has 0 spiro atoms. The van der Waals surface area contributed by atoms with E-state index in [1.807, 2.05) is 6.92 Å². The first-order valence-corrected chi connectivity index (χ1v) is 5.35. The maximum absolute atomic E-state index is 10.9. The lowest BCUT2D eigenvalue weighted by Crippen LogP contribution is -2.05. The summed E-state index contributed by atoms with van der Waals surface area (Å²) >= 11 is 12.0. The summed E-state index contributed by atoms with van der Waals surface area (Å²) in [5.74, 6) is 0. The summed E-state index contributed by atoms with van der Waals surface area (Å²) in [5, 5.41) is 7.42. The van der Waals surface area contributed by atoms with E-state index in [0.29, 0.717) is 15.7 Å². The number of rotatable bonds is 1. The molecular weight excluding hydrogens is 247 g/mol. The Hall–Kier alpha value is -1.32. The summed E-state index contributed by atoms with van der Waals surface area (Å²) in [6, 6.07) is 6.56. The highest BCUT2D eigenvalue weighted by Crippen LogP contribution is 2.29. The van der Waals surface area contributed by atoms with Crippen molar-refractivity contribution >= 4 is 23.2 Å². The van der Waals surface area contributed by atoms with Crippen molar-refractivity contribution in [3.63, 3.8) is 0 Å². The van der Waals surface area contributed by atoms with E-state index in [2.05, 4.69) is 10.2 Å². The molecule has 0 amide bonds. The SMILES string of the molecule is Cc1c(Cl)cc(-c2ccc(=O)[nH]n2)cc1Cl. The highest BCUT2D eigenvalue weighted by atomic mass is 35.5. The normalized spacial score (nSPS) is 10.4. The van der Waals surface area contributed by atoms with Gasteiger partial charge in [0.05, 0.1) is 5.69 Å². The van der Waals surface area contributed by atoms with Gasteiger partial charge in [-0.25, -0.2) is 5.10 Å². The third kappa shape index (κ3) is 2.10. The maximum Gasteiger partial charge on any atom is 0.264 e. The number of nitrogens with one attached hydrogen (secondary N) is 1. The molecule has 82 valence electrons. The van der Waals surface area contributed by atoms with E-state index in [1.54, 1.807) is 18.2 Å². The van der Waals surface area contributed by atoms with Crippen LogP contribution in [0.5, 0.6) is 0 Å². The molecule has 16 heavy (non-hydrogen) atoms. The number of nitrogens with zero attached hydrogens (tertiary/aromatic N) is 1. The maximum atomic E-state index is 10.9. The molecule has 0 fully saturated rings. The first-order valence-electron chi connectivity index (χ1n) is 4.59. The summed E-state index contributed by atoms with van der Waals surface area (Å²) in [5.41, 5.74) is 1.99. The third-order valence-electron chi connectivity index (χ3n) is 2.26. The van der Waals surface area contributed by atoms with Crippen molar-refractivity contribution in [2.45, 2.75) is 6.92 Å². The first-order chi connectivity index (χ1) is 7.58. The molecule has 2 aromatic rings. The molecule has 1 aromatic heterocycles. The first kappa shape index (κ1) is 11.2. The minimum Gasteiger partial charge on any atom is -0.268 e. The third-order valence-corrected chi connectivity index (χ3v) is 3.04. The van der Waals surface area contributed by atoms with E-state index in [1.165, 1.54) is 6.07 Å². The van der Waals surface area contributed by atoms with Crippen LogP contribution in [-0.4, -0.2) is 10.2 Å². The molecule has 0 saturated heterocycles. The predicted octanol–water partition coefficient (Wildman–Crippen LogP) is 3.05. The highest BCUT2D eigenvalue weighted by molar-refractivity contribution is 6.36. The fraction of sp³-hybridized carbons (Fsp3) is 0.0909. The molecule has 0 aliphatic carbocycles. The molecular formula is C11H8Cl2N2O. The average Bonchev–Trinajstić information content (AvgIpc) is 2.26. The van der Waals surface area contributed by atoms with Crippen molar-refractivity contribution in [2.24, 2.45) is 0 Å². The monoisotopic (exact) mass is 254 g/mol. The van der Waals surface area contributed by atoms with Crippen LogP contribution in [0, 0.1) is 6.92 Å². The topological polar surface area (TPSA) is 45.8 Å². The Bertz CT molecular complexity index is 549. The standard InChI is InChI=1S/C11H8Cl2N2O/c1-6-8(12)4-7(5-9(6)13)10-2-3-11(16)15-14-10/h2-5H,1H3,(H,15,16). The molecule has 1 heterocycles. The number of hydrogen-bond acceptors (Lipinski definition) is 2. The summed E-state index contributed by atoms with van der Waals surface area (Å²) in [4.78, 5) is 10.9. The molecule has 0 unspecified atom stereocenters. The zero-order chi connectivity index (χ0) is 11.7. The molecule has 2 rings (SSSR count). The molecule has 0 aliphatic rings. The van der Waals surface area contributed by atoms with E-state index in [9.17, 15) is 4.79 Å². The molecule has 0 aliphatic heterocycles. The van der Waals surface area contributed by atoms with Gasteiger partial charge in [0.2, 0.25) is 0 Å². The van der Waals surface area contributed by atoms with Crippen LogP contribution in [0.3, 0.4) is 0 Å². The lowest BCUT2D eigenvalue weighted by atomic mass is 10.1. The lowest BCUT2D eigenvalue weighted by Gasteiger charge is -2.05. The van der Waals surface area contributed by atoms with Gasteiger partial charge in [-0.05, 0) is 30.7 Å². The van der Waals surface area contributed by atoms with Crippen molar-refractivity contribution in [1.29, 1.82) is 0 Å². The van der Waals surface area contributed by atoms with Gasteiger partial charge < -0.3 is 0 Å². The van der Waals surface area contributed by atoms with Crippen LogP contribution in [0.4, 0.5) is 0 Å². The van der Waals surface area contributed by atoms with Gasteiger partial charge in [-0.2, -0.15) is 5.10 Å². The Morgan fingerprint density at radius 1 is 1.19 bits per heavy atom. The minimum absolute atomic E-state index is 0.243. The molecule has 0 saturated carbocycles. The number of aromatic amines is 1. The number of hydrogen-bond donors (Lipinski definition) is 1. The number of aromatic nitrogens is 2. The van der Waals surface area contributed by atoms with Gasteiger partial charge >= 0.3 is 0 Å². The Balaban J connectivity index is 2.56. The fourth-order valence-electron chi connectivity index (χ4n) is 1.30. The Morgan fingerprint density at radius 3 is 2.31 bits per heavy atom. The van der Waals surface area contributed by atoms with Crippen LogP contribution in [0.1, 0.15) is 5.56 Å². The zero-order valence-corrected chi connectivity index (χ0v) is 9.93. The van der Waals surface area contributed by atoms with Gasteiger partial charge in [0.1, 0.15) is 0 Å².